The van der Waals surface area contributed by atoms with Gasteiger partial charge in [-0.3, -0.25) is 4.79 Å². The molecule has 5 nitrogen and oxygen atoms in total. The zero-order valence-corrected chi connectivity index (χ0v) is 10.8. The number of carbonyl (C=O) groups excluding carboxylic acids is 1. The maximum atomic E-state index is 12.0. The van der Waals surface area contributed by atoms with Gasteiger partial charge in [0, 0.05) is 39.3 Å². The Morgan fingerprint density at radius 3 is 2.00 bits per heavy atom. The van der Waals surface area contributed by atoms with Gasteiger partial charge in [0.2, 0.25) is 0 Å². The van der Waals surface area contributed by atoms with Crippen molar-refractivity contribution in [2.75, 3.05) is 67.0 Å². The highest BCUT2D eigenvalue weighted by Crippen LogP contribution is 1.96. The van der Waals surface area contributed by atoms with Gasteiger partial charge in [0.1, 0.15) is 0 Å². The zero-order chi connectivity index (χ0) is 12.0. The lowest BCUT2D eigenvalue weighted by molar-refractivity contribution is -0.862. The summed E-state index contributed by atoms with van der Waals surface area (Å²) in [6, 6.07) is 0. The van der Waals surface area contributed by atoms with E-state index in [1.165, 1.54) is 0 Å². The highest BCUT2D eigenvalue weighted by molar-refractivity contribution is 5.77. The predicted molar refractivity (Wildman–Crippen MR) is 65.2 cm³/mol. The maximum absolute atomic E-state index is 12.0. The summed E-state index contributed by atoms with van der Waals surface area (Å²) in [5.74, 6) is 0.248. The summed E-state index contributed by atoms with van der Waals surface area (Å²) < 4.78 is 0.691. The fraction of sp³-hybridized carbons (Fsp3) is 0.909. The zero-order valence-electron chi connectivity index (χ0n) is 10.8. The summed E-state index contributed by atoms with van der Waals surface area (Å²) >= 11 is 0. The van der Waals surface area contributed by atoms with Gasteiger partial charge in [-0.15, -0.1) is 0 Å². The van der Waals surface area contributed by atoms with E-state index in [1.54, 1.807) is 0 Å². The van der Waals surface area contributed by atoms with E-state index in [0.717, 1.165) is 39.3 Å². The third-order valence-corrected chi connectivity index (χ3v) is 2.56. The first-order chi connectivity index (χ1) is 7.49. The predicted octanol–water partition coefficient (Wildman–Crippen LogP) is -1.29. The molecule has 0 saturated carbocycles. The molecule has 0 spiro atoms. The first-order valence-electron chi connectivity index (χ1n) is 5.99. The molecule has 5 heteroatoms. The van der Waals surface area contributed by atoms with Gasteiger partial charge in [0.05, 0.1) is 21.1 Å². The topological polar surface area (TPSA) is 44.4 Å². The van der Waals surface area contributed by atoms with Crippen LogP contribution in [0, 0.1) is 0 Å². The molecule has 1 saturated heterocycles. The number of amides is 1. The minimum Gasteiger partial charge on any atom is -0.335 e. The van der Waals surface area contributed by atoms with Crippen LogP contribution in [0.5, 0.6) is 0 Å². The van der Waals surface area contributed by atoms with Crippen LogP contribution in [0.15, 0.2) is 0 Å². The Balaban J connectivity index is 2.44. The number of likely N-dealkylation sites (N-methyl/N-ethyl adjacent to an activating group) is 1. The fourth-order valence-corrected chi connectivity index (χ4v) is 1.72. The fourth-order valence-electron chi connectivity index (χ4n) is 1.72. The lowest BCUT2D eigenvalue weighted by Crippen LogP contribution is -2.48. The molecule has 1 aliphatic rings. The average Bonchev–Trinajstić information content (AvgIpc) is 2.27. The quantitative estimate of drug-likeness (QED) is 0.579. The van der Waals surface area contributed by atoms with Crippen LogP contribution in [0.25, 0.3) is 0 Å². The van der Waals surface area contributed by atoms with Gasteiger partial charge in [-0.2, -0.15) is 0 Å². The summed E-state index contributed by atoms with van der Waals surface area (Å²) in [5, 5.41) is 6.63. The van der Waals surface area contributed by atoms with Gasteiger partial charge in [0.15, 0.2) is 6.54 Å². The van der Waals surface area contributed by atoms with Crippen LogP contribution in [-0.2, 0) is 4.79 Å². The molecule has 16 heavy (non-hydrogen) atoms. The molecule has 0 aromatic heterocycles. The largest absolute Gasteiger partial charge is 0.335 e. The Labute approximate surface area is 98.4 Å². The standard InChI is InChI=1S/C11H25N4O/c1-15(2,3)10-11(16)14-8-6-12-4-5-13-7-9-14/h12-13H,4-10H2,1-3H3/q+1. The number of hydrogen-bond donors (Lipinski definition) is 2. The molecule has 0 unspecified atom stereocenters. The molecule has 1 heterocycles. The van der Waals surface area contributed by atoms with Crippen LogP contribution in [-0.4, -0.2) is 82.2 Å². The summed E-state index contributed by atoms with van der Waals surface area (Å²) in [5.41, 5.74) is 0. The second kappa shape index (κ2) is 6.18. The van der Waals surface area contributed by atoms with E-state index in [1.807, 2.05) is 26.0 Å². The van der Waals surface area contributed by atoms with Gasteiger partial charge in [-0.1, -0.05) is 0 Å². The van der Waals surface area contributed by atoms with Crippen molar-refractivity contribution in [3.63, 3.8) is 0 Å². The van der Waals surface area contributed by atoms with Crippen molar-refractivity contribution in [1.82, 2.24) is 15.5 Å². The second-order valence-electron chi connectivity index (χ2n) is 5.33. The number of hydrogen-bond acceptors (Lipinski definition) is 3. The van der Waals surface area contributed by atoms with Crippen LogP contribution in [0.2, 0.25) is 0 Å². The van der Waals surface area contributed by atoms with E-state index < -0.39 is 0 Å². The molecule has 0 aromatic rings. The van der Waals surface area contributed by atoms with E-state index in [-0.39, 0.29) is 5.91 Å². The van der Waals surface area contributed by atoms with Gasteiger partial charge < -0.3 is 20.0 Å². The number of rotatable bonds is 2. The smallest absolute Gasteiger partial charge is 0.277 e. The van der Waals surface area contributed by atoms with E-state index in [2.05, 4.69) is 10.6 Å². The second-order valence-corrected chi connectivity index (χ2v) is 5.33. The van der Waals surface area contributed by atoms with Gasteiger partial charge in [-0.05, 0) is 0 Å². The van der Waals surface area contributed by atoms with Crippen LogP contribution >= 0.6 is 0 Å². The Kier molecular flexibility index (Phi) is 5.18. The molecule has 2 N–H and O–H groups in total. The minimum absolute atomic E-state index is 0.248. The Hall–Kier alpha value is -0.650. The van der Waals surface area contributed by atoms with Crippen molar-refractivity contribution in [2.45, 2.75) is 0 Å². The monoisotopic (exact) mass is 229 g/mol. The lowest BCUT2D eigenvalue weighted by Gasteiger charge is -2.28. The molecule has 0 bridgehead atoms. The lowest BCUT2D eigenvalue weighted by atomic mass is 10.4. The minimum atomic E-state index is 0.248. The van der Waals surface area contributed by atoms with Gasteiger partial charge in [-0.25, -0.2) is 0 Å². The Bertz CT molecular complexity index is 215. The first-order valence-corrected chi connectivity index (χ1v) is 5.99. The molecular weight excluding hydrogens is 204 g/mol. The summed E-state index contributed by atoms with van der Waals surface area (Å²) in [7, 11) is 6.14. The van der Waals surface area contributed by atoms with Crippen LogP contribution in [0.4, 0.5) is 0 Å². The van der Waals surface area contributed by atoms with E-state index in [0.29, 0.717) is 11.0 Å². The SMILES string of the molecule is C[N+](C)(C)CC(=O)N1CCNCCNCC1. The van der Waals surface area contributed by atoms with E-state index in [4.69, 9.17) is 0 Å². The maximum Gasteiger partial charge on any atom is 0.277 e. The van der Waals surface area contributed by atoms with Crippen molar-refractivity contribution in [1.29, 1.82) is 0 Å². The Morgan fingerprint density at radius 2 is 1.56 bits per heavy atom. The van der Waals surface area contributed by atoms with E-state index in [9.17, 15) is 4.79 Å². The highest BCUT2D eigenvalue weighted by atomic mass is 16.2. The summed E-state index contributed by atoms with van der Waals surface area (Å²) in [4.78, 5) is 14.0. The molecular formula is C11H25N4O+. The van der Waals surface area contributed by atoms with Crippen molar-refractivity contribution in [3.8, 4) is 0 Å². The highest BCUT2D eigenvalue weighted by Gasteiger charge is 2.20. The van der Waals surface area contributed by atoms with Crippen molar-refractivity contribution < 1.29 is 9.28 Å². The molecule has 1 amide bonds. The van der Waals surface area contributed by atoms with Crippen molar-refractivity contribution in [2.24, 2.45) is 0 Å². The van der Waals surface area contributed by atoms with Crippen LogP contribution in [0.1, 0.15) is 0 Å². The van der Waals surface area contributed by atoms with Crippen molar-refractivity contribution >= 4 is 5.91 Å². The number of nitrogens with zero attached hydrogens (tertiary/aromatic N) is 2. The normalized spacial score (nSPS) is 19.8. The molecule has 1 fully saturated rings. The third-order valence-electron chi connectivity index (χ3n) is 2.56. The van der Waals surface area contributed by atoms with Gasteiger partial charge >= 0.3 is 0 Å². The molecule has 0 atom stereocenters. The van der Waals surface area contributed by atoms with Gasteiger partial charge in [0.25, 0.3) is 5.91 Å². The molecule has 1 rings (SSSR count). The van der Waals surface area contributed by atoms with Crippen molar-refractivity contribution in [3.05, 3.63) is 0 Å². The number of carbonyl (C=O) groups is 1. The third kappa shape index (κ3) is 5.44. The van der Waals surface area contributed by atoms with Crippen LogP contribution < -0.4 is 10.6 Å². The summed E-state index contributed by atoms with van der Waals surface area (Å²) in [6.07, 6.45) is 0. The van der Waals surface area contributed by atoms with Crippen LogP contribution in [0.3, 0.4) is 0 Å². The Morgan fingerprint density at radius 1 is 1.06 bits per heavy atom. The van der Waals surface area contributed by atoms with E-state index >= 15 is 0 Å². The first kappa shape index (κ1) is 13.4. The number of nitrogens with one attached hydrogen (secondary N) is 2. The summed E-state index contributed by atoms with van der Waals surface area (Å²) in [6.45, 7) is 5.96. The number of quaternary nitrogens is 1. The molecule has 94 valence electrons. The average molecular weight is 229 g/mol. The molecule has 0 aliphatic carbocycles. The molecule has 1 aliphatic heterocycles. The molecule has 0 radical (unpaired) electrons. The molecule has 0 aromatic carbocycles.